The SMILES string of the molecule is CC(C)=CCOc1ccccc1B(O)O. The first-order chi connectivity index (χ1) is 7.11. The fourth-order valence-electron chi connectivity index (χ4n) is 1.12. The smallest absolute Gasteiger partial charge is 0.490 e. The Morgan fingerprint density at radius 3 is 2.60 bits per heavy atom. The molecule has 0 spiro atoms. The van der Waals surface area contributed by atoms with Gasteiger partial charge in [0.2, 0.25) is 0 Å². The van der Waals surface area contributed by atoms with Gasteiger partial charge in [-0.1, -0.05) is 23.8 Å². The first kappa shape index (κ1) is 11.8. The Hall–Kier alpha value is -1.26. The van der Waals surface area contributed by atoms with E-state index in [4.69, 9.17) is 14.8 Å². The lowest BCUT2D eigenvalue weighted by Gasteiger charge is -2.09. The van der Waals surface area contributed by atoms with Gasteiger partial charge in [0.25, 0.3) is 0 Å². The molecule has 3 nitrogen and oxygen atoms in total. The summed E-state index contributed by atoms with van der Waals surface area (Å²) >= 11 is 0. The van der Waals surface area contributed by atoms with Gasteiger partial charge in [0.15, 0.2) is 0 Å². The first-order valence-corrected chi connectivity index (χ1v) is 4.82. The van der Waals surface area contributed by atoms with Crippen LogP contribution in [0, 0.1) is 0 Å². The van der Waals surface area contributed by atoms with E-state index in [-0.39, 0.29) is 0 Å². The summed E-state index contributed by atoms with van der Waals surface area (Å²) in [6.45, 7) is 4.40. The van der Waals surface area contributed by atoms with Crippen LogP contribution in [0.3, 0.4) is 0 Å². The van der Waals surface area contributed by atoms with Crippen molar-refractivity contribution in [2.75, 3.05) is 6.61 Å². The van der Waals surface area contributed by atoms with Gasteiger partial charge in [-0.05, 0) is 26.0 Å². The average molecular weight is 206 g/mol. The highest BCUT2D eigenvalue weighted by molar-refractivity contribution is 6.59. The van der Waals surface area contributed by atoms with E-state index < -0.39 is 7.12 Å². The molecule has 0 amide bonds. The number of benzene rings is 1. The van der Waals surface area contributed by atoms with Gasteiger partial charge < -0.3 is 14.8 Å². The number of para-hydroxylation sites is 1. The number of allylic oxidation sites excluding steroid dienone is 1. The fraction of sp³-hybridized carbons (Fsp3) is 0.273. The van der Waals surface area contributed by atoms with Crippen LogP contribution in [0.5, 0.6) is 5.75 Å². The van der Waals surface area contributed by atoms with E-state index in [0.717, 1.165) is 5.57 Å². The largest absolute Gasteiger partial charge is 0.492 e. The molecule has 80 valence electrons. The predicted molar refractivity (Wildman–Crippen MR) is 61.2 cm³/mol. The molecule has 0 heterocycles. The molecular weight excluding hydrogens is 191 g/mol. The van der Waals surface area contributed by atoms with Crippen LogP contribution in [0.1, 0.15) is 13.8 Å². The van der Waals surface area contributed by atoms with Gasteiger partial charge in [-0.15, -0.1) is 0 Å². The lowest BCUT2D eigenvalue weighted by molar-refractivity contribution is 0.360. The summed E-state index contributed by atoms with van der Waals surface area (Å²) in [6, 6.07) is 6.88. The van der Waals surface area contributed by atoms with E-state index in [1.54, 1.807) is 24.3 Å². The molecule has 1 aromatic carbocycles. The highest BCUT2D eigenvalue weighted by Crippen LogP contribution is 2.07. The summed E-state index contributed by atoms with van der Waals surface area (Å²) in [5, 5.41) is 18.1. The monoisotopic (exact) mass is 206 g/mol. The topological polar surface area (TPSA) is 49.7 Å². The van der Waals surface area contributed by atoms with Crippen molar-refractivity contribution >= 4 is 12.6 Å². The van der Waals surface area contributed by atoms with Crippen LogP contribution in [0.2, 0.25) is 0 Å². The van der Waals surface area contributed by atoms with Crippen LogP contribution in [0.15, 0.2) is 35.9 Å². The summed E-state index contributed by atoms with van der Waals surface area (Å²) < 4.78 is 5.41. The molecule has 0 aliphatic rings. The van der Waals surface area contributed by atoms with Gasteiger partial charge in [-0.2, -0.15) is 0 Å². The Labute approximate surface area is 90.2 Å². The maximum atomic E-state index is 9.07. The van der Waals surface area contributed by atoms with Crippen LogP contribution in [-0.2, 0) is 0 Å². The van der Waals surface area contributed by atoms with Crippen molar-refractivity contribution in [3.05, 3.63) is 35.9 Å². The van der Waals surface area contributed by atoms with Crippen molar-refractivity contribution < 1.29 is 14.8 Å². The standard InChI is InChI=1S/C11H15BO3/c1-9(2)7-8-15-11-6-4-3-5-10(11)12(13)14/h3-7,13-14H,8H2,1-2H3. The Morgan fingerprint density at radius 2 is 2.00 bits per heavy atom. The Morgan fingerprint density at radius 1 is 1.33 bits per heavy atom. The molecule has 1 aromatic rings. The van der Waals surface area contributed by atoms with Gasteiger partial charge >= 0.3 is 7.12 Å². The summed E-state index contributed by atoms with van der Waals surface area (Å²) in [4.78, 5) is 0. The van der Waals surface area contributed by atoms with Gasteiger partial charge in [0, 0.05) is 5.46 Å². The molecule has 1 rings (SSSR count). The van der Waals surface area contributed by atoms with Crippen molar-refractivity contribution in [3.8, 4) is 5.75 Å². The molecule has 0 saturated heterocycles. The molecule has 0 atom stereocenters. The quantitative estimate of drug-likeness (QED) is 0.563. The Bertz CT molecular complexity index is 343. The molecule has 0 aliphatic carbocycles. The molecule has 0 unspecified atom stereocenters. The molecule has 0 saturated carbocycles. The van der Waals surface area contributed by atoms with Crippen LogP contribution in [0.25, 0.3) is 0 Å². The maximum Gasteiger partial charge on any atom is 0.492 e. The first-order valence-electron chi connectivity index (χ1n) is 4.82. The zero-order valence-electron chi connectivity index (χ0n) is 8.97. The van der Waals surface area contributed by atoms with Crippen LogP contribution in [-0.4, -0.2) is 23.8 Å². The minimum Gasteiger partial charge on any atom is -0.490 e. The molecule has 15 heavy (non-hydrogen) atoms. The predicted octanol–water partition coefficient (Wildman–Crippen LogP) is 0.711. The number of hydrogen-bond donors (Lipinski definition) is 2. The van der Waals surface area contributed by atoms with Crippen LogP contribution < -0.4 is 10.2 Å². The minimum absolute atomic E-state index is 0.389. The molecule has 0 bridgehead atoms. The Balaban J connectivity index is 2.72. The summed E-state index contributed by atoms with van der Waals surface area (Å²) in [5.41, 5.74) is 1.55. The third kappa shape index (κ3) is 3.77. The van der Waals surface area contributed by atoms with E-state index in [1.165, 1.54) is 0 Å². The lowest BCUT2D eigenvalue weighted by atomic mass is 9.79. The number of hydrogen-bond acceptors (Lipinski definition) is 3. The molecular formula is C11H15BO3. The lowest BCUT2D eigenvalue weighted by Crippen LogP contribution is -2.31. The molecule has 2 N–H and O–H groups in total. The molecule has 0 aliphatic heterocycles. The van der Waals surface area contributed by atoms with Crippen molar-refractivity contribution in [1.29, 1.82) is 0 Å². The molecule has 0 aromatic heterocycles. The second kappa shape index (κ2) is 5.58. The Kier molecular flexibility index (Phi) is 4.40. The van der Waals surface area contributed by atoms with Gasteiger partial charge in [-0.25, -0.2) is 0 Å². The number of rotatable bonds is 4. The second-order valence-electron chi connectivity index (χ2n) is 3.50. The van der Waals surface area contributed by atoms with Gasteiger partial charge in [0.1, 0.15) is 12.4 Å². The summed E-state index contributed by atoms with van der Waals surface area (Å²) in [6.07, 6.45) is 1.93. The molecule has 0 radical (unpaired) electrons. The van der Waals surface area contributed by atoms with Crippen LogP contribution >= 0.6 is 0 Å². The van der Waals surface area contributed by atoms with E-state index >= 15 is 0 Å². The van der Waals surface area contributed by atoms with E-state index in [0.29, 0.717) is 17.8 Å². The van der Waals surface area contributed by atoms with E-state index in [9.17, 15) is 0 Å². The second-order valence-corrected chi connectivity index (χ2v) is 3.50. The molecule has 4 heteroatoms. The summed E-state index contributed by atoms with van der Waals surface area (Å²) in [5.74, 6) is 0.505. The van der Waals surface area contributed by atoms with Crippen molar-refractivity contribution in [2.24, 2.45) is 0 Å². The fourth-order valence-corrected chi connectivity index (χ4v) is 1.12. The average Bonchev–Trinajstić information content (AvgIpc) is 2.17. The molecule has 0 fully saturated rings. The van der Waals surface area contributed by atoms with Gasteiger partial charge in [0.05, 0.1) is 0 Å². The van der Waals surface area contributed by atoms with E-state index in [1.807, 2.05) is 19.9 Å². The zero-order chi connectivity index (χ0) is 11.3. The van der Waals surface area contributed by atoms with Crippen molar-refractivity contribution in [3.63, 3.8) is 0 Å². The van der Waals surface area contributed by atoms with Crippen LogP contribution in [0.4, 0.5) is 0 Å². The maximum absolute atomic E-state index is 9.07. The van der Waals surface area contributed by atoms with E-state index in [2.05, 4.69) is 0 Å². The van der Waals surface area contributed by atoms with Crippen molar-refractivity contribution in [1.82, 2.24) is 0 Å². The van der Waals surface area contributed by atoms with Gasteiger partial charge in [-0.3, -0.25) is 0 Å². The summed E-state index contributed by atoms with van der Waals surface area (Å²) in [7, 11) is -1.49. The number of ether oxygens (including phenoxy) is 1. The zero-order valence-corrected chi connectivity index (χ0v) is 8.97. The normalized spacial score (nSPS) is 9.60. The highest BCUT2D eigenvalue weighted by atomic mass is 16.5. The third-order valence-corrected chi connectivity index (χ3v) is 1.93. The minimum atomic E-state index is -1.49. The highest BCUT2D eigenvalue weighted by Gasteiger charge is 2.15. The van der Waals surface area contributed by atoms with Crippen molar-refractivity contribution in [2.45, 2.75) is 13.8 Å². The third-order valence-electron chi connectivity index (χ3n) is 1.93.